The van der Waals surface area contributed by atoms with Crippen LogP contribution < -0.4 is 10.1 Å². The van der Waals surface area contributed by atoms with E-state index in [1.165, 1.54) is 30.7 Å². The van der Waals surface area contributed by atoms with Crippen molar-refractivity contribution in [2.24, 2.45) is 0 Å². The maximum absolute atomic E-state index is 12.4. The van der Waals surface area contributed by atoms with Crippen molar-refractivity contribution in [2.75, 3.05) is 39.3 Å². The number of halogens is 2. The van der Waals surface area contributed by atoms with Crippen LogP contribution in [0.4, 0.5) is 8.78 Å². The van der Waals surface area contributed by atoms with Gasteiger partial charge in [0, 0.05) is 45.1 Å². The SMILES string of the molecule is O=C(CN1CCN(C(=O)c2cnccn2)CC1)NCCc1ccc(OC(F)F)cc1. The third-order valence-electron chi connectivity index (χ3n) is 4.69. The van der Waals surface area contributed by atoms with Crippen LogP contribution in [0.25, 0.3) is 0 Å². The average molecular weight is 419 g/mol. The van der Waals surface area contributed by atoms with E-state index < -0.39 is 6.61 Å². The molecule has 0 saturated carbocycles. The number of nitrogens with zero attached hydrogens (tertiary/aromatic N) is 4. The second-order valence-electron chi connectivity index (χ2n) is 6.78. The molecule has 1 aliphatic rings. The Labute approximate surface area is 172 Å². The van der Waals surface area contributed by atoms with E-state index in [9.17, 15) is 18.4 Å². The predicted molar refractivity (Wildman–Crippen MR) is 104 cm³/mol. The molecule has 10 heteroatoms. The molecule has 1 aromatic heterocycles. The fourth-order valence-electron chi connectivity index (χ4n) is 3.12. The Morgan fingerprint density at radius 1 is 1.10 bits per heavy atom. The molecule has 0 aliphatic carbocycles. The van der Waals surface area contributed by atoms with Gasteiger partial charge in [-0.25, -0.2) is 4.98 Å². The first kappa shape index (κ1) is 21.6. The number of hydrogen-bond acceptors (Lipinski definition) is 6. The number of piperazine rings is 1. The van der Waals surface area contributed by atoms with Crippen molar-refractivity contribution in [3.8, 4) is 5.75 Å². The molecular weight excluding hydrogens is 396 g/mol. The van der Waals surface area contributed by atoms with Crippen LogP contribution in [-0.4, -0.2) is 77.5 Å². The maximum Gasteiger partial charge on any atom is 0.387 e. The van der Waals surface area contributed by atoms with Crippen molar-refractivity contribution in [2.45, 2.75) is 13.0 Å². The van der Waals surface area contributed by atoms with Crippen LogP contribution in [0.15, 0.2) is 42.9 Å². The molecule has 2 heterocycles. The molecule has 160 valence electrons. The van der Waals surface area contributed by atoms with Crippen LogP contribution in [0, 0.1) is 0 Å². The lowest BCUT2D eigenvalue weighted by molar-refractivity contribution is -0.122. The number of hydrogen-bond donors (Lipinski definition) is 1. The Kier molecular flexibility index (Phi) is 7.61. The molecule has 1 saturated heterocycles. The van der Waals surface area contributed by atoms with E-state index in [0.717, 1.165) is 5.56 Å². The van der Waals surface area contributed by atoms with Gasteiger partial charge in [0.15, 0.2) is 0 Å². The minimum absolute atomic E-state index is 0.0960. The van der Waals surface area contributed by atoms with Crippen molar-refractivity contribution >= 4 is 11.8 Å². The van der Waals surface area contributed by atoms with Gasteiger partial charge in [-0.3, -0.25) is 19.5 Å². The third-order valence-corrected chi connectivity index (χ3v) is 4.69. The molecule has 0 unspecified atom stereocenters. The van der Waals surface area contributed by atoms with Crippen molar-refractivity contribution < 1.29 is 23.1 Å². The van der Waals surface area contributed by atoms with Gasteiger partial charge >= 0.3 is 6.61 Å². The summed E-state index contributed by atoms with van der Waals surface area (Å²) in [5, 5.41) is 2.85. The Morgan fingerprint density at radius 2 is 1.83 bits per heavy atom. The summed E-state index contributed by atoms with van der Waals surface area (Å²) >= 11 is 0. The monoisotopic (exact) mass is 419 g/mol. The summed E-state index contributed by atoms with van der Waals surface area (Å²) in [4.78, 5) is 36.2. The summed E-state index contributed by atoms with van der Waals surface area (Å²) in [5.74, 6) is -0.145. The van der Waals surface area contributed by atoms with Crippen LogP contribution in [0.2, 0.25) is 0 Å². The van der Waals surface area contributed by atoms with Gasteiger partial charge in [0.1, 0.15) is 11.4 Å². The minimum atomic E-state index is -2.85. The van der Waals surface area contributed by atoms with Crippen molar-refractivity contribution in [1.29, 1.82) is 0 Å². The zero-order valence-corrected chi connectivity index (χ0v) is 16.3. The van der Waals surface area contributed by atoms with Gasteiger partial charge in [-0.15, -0.1) is 0 Å². The van der Waals surface area contributed by atoms with Crippen LogP contribution in [0.1, 0.15) is 16.1 Å². The Morgan fingerprint density at radius 3 is 2.47 bits per heavy atom. The quantitative estimate of drug-likeness (QED) is 0.692. The number of aromatic nitrogens is 2. The summed E-state index contributed by atoms with van der Waals surface area (Å²) < 4.78 is 28.6. The number of carbonyl (C=O) groups excluding carboxylic acids is 2. The highest BCUT2D eigenvalue weighted by Crippen LogP contribution is 2.15. The van der Waals surface area contributed by atoms with E-state index in [1.807, 2.05) is 4.90 Å². The third kappa shape index (κ3) is 6.45. The van der Waals surface area contributed by atoms with E-state index in [-0.39, 0.29) is 24.1 Å². The number of amides is 2. The van der Waals surface area contributed by atoms with E-state index in [2.05, 4.69) is 20.0 Å². The van der Waals surface area contributed by atoms with Crippen LogP contribution in [-0.2, 0) is 11.2 Å². The largest absolute Gasteiger partial charge is 0.435 e. The van der Waals surface area contributed by atoms with E-state index in [1.54, 1.807) is 17.0 Å². The lowest BCUT2D eigenvalue weighted by atomic mass is 10.1. The van der Waals surface area contributed by atoms with Crippen LogP contribution >= 0.6 is 0 Å². The highest BCUT2D eigenvalue weighted by atomic mass is 19.3. The number of benzene rings is 1. The molecule has 0 radical (unpaired) electrons. The van der Waals surface area contributed by atoms with Gasteiger partial charge in [0.25, 0.3) is 5.91 Å². The number of ether oxygens (including phenoxy) is 1. The fourth-order valence-corrected chi connectivity index (χ4v) is 3.12. The van der Waals surface area contributed by atoms with Crippen LogP contribution in [0.3, 0.4) is 0 Å². The Balaban J connectivity index is 1.34. The predicted octanol–water partition coefficient (Wildman–Crippen LogP) is 1.19. The van der Waals surface area contributed by atoms with Crippen LogP contribution in [0.5, 0.6) is 5.75 Å². The van der Waals surface area contributed by atoms with Gasteiger partial charge in [-0.1, -0.05) is 12.1 Å². The first-order valence-electron chi connectivity index (χ1n) is 9.59. The van der Waals surface area contributed by atoms with Crippen molar-refractivity contribution in [3.05, 3.63) is 54.1 Å². The molecule has 0 bridgehead atoms. The molecule has 1 aromatic carbocycles. The van der Waals surface area contributed by atoms with Crippen molar-refractivity contribution in [1.82, 2.24) is 25.1 Å². The molecule has 0 spiro atoms. The molecule has 1 aliphatic heterocycles. The summed E-state index contributed by atoms with van der Waals surface area (Å²) in [6, 6.07) is 6.34. The summed E-state index contributed by atoms with van der Waals surface area (Å²) in [5.41, 5.74) is 1.23. The summed E-state index contributed by atoms with van der Waals surface area (Å²) in [6.07, 6.45) is 5.03. The molecule has 0 atom stereocenters. The highest BCUT2D eigenvalue weighted by molar-refractivity contribution is 5.92. The van der Waals surface area contributed by atoms with Crippen molar-refractivity contribution in [3.63, 3.8) is 0 Å². The smallest absolute Gasteiger partial charge is 0.387 e. The molecule has 1 fully saturated rings. The van der Waals surface area contributed by atoms with Gasteiger partial charge in [0.05, 0.1) is 12.7 Å². The lowest BCUT2D eigenvalue weighted by Crippen LogP contribution is -2.51. The minimum Gasteiger partial charge on any atom is -0.435 e. The number of nitrogens with one attached hydrogen (secondary N) is 1. The van der Waals surface area contributed by atoms with Gasteiger partial charge < -0.3 is 15.0 Å². The van der Waals surface area contributed by atoms with E-state index >= 15 is 0 Å². The Bertz CT molecular complexity index is 828. The molecule has 1 N–H and O–H groups in total. The molecule has 3 rings (SSSR count). The van der Waals surface area contributed by atoms with E-state index in [4.69, 9.17) is 0 Å². The van der Waals surface area contributed by atoms with Gasteiger partial charge in [-0.05, 0) is 24.1 Å². The van der Waals surface area contributed by atoms with Gasteiger partial charge in [-0.2, -0.15) is 8.78 Å². The summed E-state index contributed by atoms with van der Waals surface area (Å²) in [7, 11) is 0. The second kappa shape index (κ2) is 10.6. The molecule has 2 aromatic rings. The number of alkyl halides is 2. The topological polar surface area (TPSA) is 87.7 Å². The lowest BCUT2D eigenvalue weighted by Gasteiger charge is -2.34. The first-order valence-corrected chi connectivity index (χ1v) is 9.59. The maximum atomic E-state index is 12.4. The zero-order valence-electron chi connectivity index (χ0n) is 16.3. The molecule has 2 amide bonds. The average Bonchev–Trinajstić information content (AvgIpc) is 2.75. The van der Waals surface area contributed by atoms with E-state index in [0.29, 0.717) is 44.8 Å². The number of carbonyl (C=O) groups is 2. The molecular formula is C20H23F2N5O3. The fraction of sp³-hybridized carbons (Fsp3) is 0.400. The van der Waals surface area contributed by atoms with Gasteiger partial charge in [0.2, 0.25) is 5.91 Å². The second-order valence-corrected chi connectivity index (χ2v) is 6.78. The highest BCUT2D eigenvalue weighted by Gasteiger charge is 2.23. The summed E-state index contributed by atoms with van der Waals surface area (Å²) in [6.45, 7) is 0.108. The number of rotatable bonds is 8. The standard InChI is InChI=1S/C20H23F2N5O3/c21-20(22)30-16-3-1-15(2-4-16)5-6-25-18(28)14-26-9-11-27(12-10-26)19(29)17-13-23-7-8-24-17/h1-4,7-8,13,20H,5-6,9-12,14H2,(H,25,28). The Hall–Kier alpha value is -3.14. The molecule has 30 heavy (non-hydrogen) atoms. The normalized spacial score (nSPS) is 14.6. The first-order chi connectivity index (χ1) is 14.5. The molecule has 8 nitrogen and oxygen atoms in total. The zero-order chi connectivity index (χ0) is 21.3.